The molecule has 84 valence electrons. The van der Waals surface area contributed by atoms with Gasteiger partial charge in [0, 0.05) is 0 Å². The van der Waals surface area contributed by atoms with E-state index in [0.717, 1.165) is 0 Å². The Morgan fingerprint density at radius 2 is 2.06 bits per heavy atom. The van der Waals surface area contributed by atoms with Crippen LogP contribution in [-0.4, -0.2) is 21.9 Å². The number of carbonyl (C=O) groups is 1. The molecule has 0 saturated carbocycles. The van der Waals surface area contributed by atoms with Crippen LogP contribution in [0.5, 0.6) is 0 Å². The Morgan fingerprint density at radius 3 is 2.62 bits per heavy atom. The van der Waals surface area contributed by atoms with Crippen LogP contribution in [0.1, 0.15) is 26.3 Å². The minimum absolute atomic E-state index is 0.237. The summed E-state index contributed by atoms with van der Waals surface area (Å²) in [6, 6.07) is 1.89. The molecule has 0 atom stereocenters. The van der Waals surface area contributed by atoms with Crippen LogP contribution < -0.4 is 5.32 Å². The number of carbonyl (C=O) groups excluding carboxylic acids is 1. The van der Waals surface area contributed by atoms with Gasteiger partial charge in [0.2, 0.25) is 0 Å². The van der Waals surface area contributed by atoms with E-state index in [1.807, 2.05) is 6.07 Å². The number of ether oxygens (including phenoxy) is 1. The first kappa shape index (κ1) is 11.9. The molecular weight excluding hydrogens is 208 g/mol. The second kappa shape index (κ2) is 4.57. The zero-order chi connectivity index (χ0) is 12.2. The molecular formula is C10H12N4O2. The van der Waals surface area contributed by atoms with Gasteiger partial charge in [0.25, 0.3) is 0 Å². The summed E-state index contributed by atoms with van der Waals surface area (Å²) in [6.45, 7) is 5.26. The molecule has 0 aliphatic rings. The predicted octanol–water partition coefficient (Wildman–Crippen LogP) is 1.70. The van der Waals surface area contributed by atoms with E-state index in [-0.39, 0.29) is 11.3 Å². The standard InChI is InChI=1S/C10H12N4O2/c1-10(2,3)16-9(15)14-8-6-13-12-5-7(8)4-11/h5-6H,1-3H3,(H,12,14,15). The second-order valence-electron chi connectivity index (χ2n) is 4.06. The lowest BCUT2D eigenvalue weighted by Crippen LogP contribution is -2.27. The Bertz CT molecular complexity index is 431. The van der Waals surface area contributed by atoms with Gasteiger partial charge in [0.15, 0.2) is 0 Å². The van der Waals surface area contributed by atoms with E-state index in [1.165, 1.54) is 12.4 Å². The summed E-state index contributed by atoms with van der Waals surface area (Å²) in [5, 5.41) is 18.3. The van der Waals surface area contributed by atoms with E-state index in [2.05, 4.69) is 15.5 Å². The van der Waals surface area contributed by atoms with E-state index in [4.69, 9.17) is 10.00 Å². The van der Waals surface area contributed by atoms with E-state index in [1.54, 1.807) is 20.8 Å². The fourth-order valence-electron chi connectivity index (χ4n) is 0.923. The quantitative estimate of drug-likeness (QED) is 0.778. The Labute approximate surface area is 93.2 Å². The number of aromatic nitrogens is 2. The molecule has 0 fully saturated rings. The van der Waals surface area contributed by atoms with Crippen LogP contribution in [0.15, 0.2) is 12.4 Å². The molecule has 0 aliphatic carbocycles. The number of nitriles is 1. The van der Waals surface area contributed by atoms with Crippen molar-refractivity contribution < 1.29 is 9.53 Å². The molecule has 0 bridgehead atoms. The molecule has 0 aromatic carbocycles. The molecule has 16 heavy (non-hydrogen) atoms. The summed E-state index contributed by atoms with van der Waals surface area (Å²) >= 11 is 0. The van der Waals surface area contributed by atoms with Crippen LogP contribution in [0.25, 0.3) is 0 Å². The Kier molecular flexibility index (Phi) is 3.40. The molecule has 1 amide bonds. The highest BCUT2D eigenvalue weighted by Crippen LogP contribution is 2.13. The maximum Gasteiger partial charge on any atom is 0.412 e. The number of hydrogen-bond acceptors (Lipinski definition) is 5. The van der Waals surface area contributed by atoms with Gasteiger partial charge in [-0.1, -0.05) is 0 Å². The molecule has 1 N–H and O–H groups in total. The van der Waals surface area contributed by atoms with Gasteiger partial charge < -0.3 is 4.74 Å². The molecule has 0 unspecified atom stereocenters. The lowest BCUT2D eigenvalue weighted by atomic mass is 10.2. The van der Waals surface area contributed by atoms with Crippen LogP contribution >= 0.6 is 0 Å². The molecule has 1 aromatic rings. The van der Waals surface area contributed by atoms with Crippen LogP contribution in [0, 0.1) is 11.3 Å². The normalized spacial score (nSPS) is 10.4. The minimum atomic E-state index is -0.628. The monoisotopic (exact) mass is 220 g/mol. The zero-order valence-electron chi connectivity index (χ0n) is 9.31. The highest BCUT2D eigenvalue weighted by molar-refractivity contribution is 5.86. The van der Waals surface area contributed by atoms with Crippen molar-refractivity contribution in [1.82, 2.24) is 10.2 Å². The lowest BCUT2D eigenvalue weighted by molar-refractivity contribution is 0.0636. The van der Waals surface area contributed by atoms with Gasteiger partial charge >= 0.3 is 6.09 Å². The number of nitrogens with zero attached hydrogens (tertiary/aromatic N) is 3. The van der Waals surface area contributed by atoms with Crippen LogP contribution in [0.3, 0.4) is 0 Å². The molecule has 6 heteroatoms. The van der Waals surface area contributed by atoms with Gasteiger partial charge in [0.1, 0.15) is 11.7 Å². The maximum atomic E-state index is 11.4. The van der Waals surface area contributed by atoms with E-state index in [0.29, 0.717) is 0 Å². The van der Waals surface area contributed by atoms with Crippen molar-refractivity contribution in [3.8, 4) is 6.07 Å². The van der Waals surface area contributed by atoms with Crippen molar-refractivity contribution in [2.75, 3.05) is 5.32 Å². The summed E-state index contributed by atoms with van der Waals surface area (Å²) < 4.78 is 5.03. The minimum Gasteiger partial charge on any atom is -0.444 e. The first-order valence-corrected chi connectivity index (χ1v) is 4.63. The van der Waals surface area contributed by atoms with Gasteiger partial charge in [-0.2, -0.15) is 15.5 Å². The summed E-state index contributed by atoms with van der Waals surface area (Å²) in [6.07, 6.45) is 1.94. The molecule has 1 heterocycles. The number of amides is 1. The van der Waals surface area contributed by atoms with Gasteiger partial charge in [-0.05, 0) is 20.8 Å². The van der Waals surface area contributed by atoms with E-state index < -0.39 is 11.7 Å². The molecule has 1 aromatic heterocycles. The molecule has 1 rings (SSSR count). The third-order valence-electron chi connectivity index (χ3n) is 1.49. The lowest BCUT2D eigenvalue weighted by Gasteiger charge is -2.19. The smallest absolute Gasteiger partial charge is 0.412 e. The highest BCUT2D eigenvalue weighted by Gasteiger charge is 2.17. The maximum absolute atomic E-state index is 11.4. The topological polar surface area (TPSA) is 87.9 Å². The predicted molar refractivity (Wildman–Crippen MR) is 56.6 cm³/mol. The van der Waals surface area contributed by atoms with E-state index in [9.17, 15) is 4.79 Å². The van der Waals surface area contributed by atoms with Crippen LogP contribution in [0.2, 0.25) is 0 Å². The molecule has 0 aliphatic heterocycles. The van der Waals surface area contributed by atoms with Gasteiger partial charge in [-0.25, -0.2) is 4.79 Å². The molecule has 0 saturated heterocycles. The average molecular weight is 220 g/mol. The van der Waals surface area contributed by atoms with Gasteiger partial charge in [-0.15, -0.1) is 0 Å². The van der Waals surface area contributed by atoms with Crippen molar-refractivity contribution in [3.63, 3.8) is 0 Å². The van der Waals surface area contributed by atoms with Crippen LogP contribution in [0.4, 0.5) is 10.5 Å². The van der Waals surface area contributed by atoms with Crippen molar-refractivity contribution in [1.29, 1.82) is 5.26 Å². The van der Waals surface area contributed by atoms with Crippen molar-refractivity contribution in [3.05, 3.63) is 18.0 Å². The Hall–Kier alpha value is -2.16. The van der Waals surface area contributed by atoms with Crippen molar-refractivity contribution in [2.24, 2.45) is 0 Å². The Balaban J connectivity index is 2.75. The number of anilines is 1. The Morgan fingerprint density at radius 1 is 1.44 bits per heavy atom. The second-order valence-corrected chi connectivity index (χ2v) is 4.06. The third kappa shape index (κ3) is 3.53. The first-order chi connectivity index (χ1) is 7.42. The van der Waals surface area contributed by atoms with E-state index >= 15 is 0 Å². The third-order valence-corrected chi connectivity index (χ3v) is 1.49. The summed E-state index contributed by atoms with van der Waals surface area (Å²) in [5.41, 5.74) is -0.0650. The fourth-order valence-corrected chi connectivity index (χ4v) is 0.923. The van der Waals surface area contributed by atoms with Crippen molar-refractivity contribution in [2.45, 2.75) is 26.4 Å². The largest absolute Gasteiger partial charge is 0.444 e. The number of hydrogen-bond donors (Lipinski definition) is 1. The average Bonchev–Trinajstić information content (AvgIpc) is 2.15. The molecule has 0 spiro atoms. The summed E-state index contributed by atoms with van der Waals surface area (Å²) in [4.78, 5) is 11.4. The summed E-state index contributed by atoms with van der Waals surface area (Å²) in [5.74, 6) is 0. The molecule has 6 nitrogen and oxygen atoms in total. The number of nitrogens with one attached hydrogen (secondary N) is 1. The van der Waals surface area contributed by atoms with Gasteiger partial charge in [-0.3, -0.25) is 5.32 Å². The SMILES string of the molecule is CC(C)(C)OC(=O)Nc1cnncc1C#N. The summed E-state index contributed by atoms with van der Waals surface area (Å²) in [7, 11) is 0. The van der Waals surface area contributed by atoms with Gasteiger partial charge in [0.05, 0.1) is 23.6 Å². The first-order valence-electron chi connectivity index (χ1n) is 4.63. The fraction of sp³-hybridized carbons (Fsp3) is 0.400. The molecule has 0 radical (unpaired) electrons. The number of rotatable bonds is 1. The zero-order valence-corrected chi connectivity index (χ0v) is 9.31. The van der Waals surface area contributed by atoms with Crippen LogP contribution in [-0.2, 0) is 4.74 Å². The highest BCUT2D eigenvalue weighted by atomic mass is 16.6. The van der Waals surface area contributed by atoms with Crippen molar-refractivity contribution >= 4 is 11.8 Å².